The molecule has 4 nitrogen and oxygen atoms in total. The van der Waals surface area contributed by atoms with Gasteiger partial charge in [0.1, 0.15) is 12.4 Å². The van der Waals surface area contributed by atoms with Gasteiger partial charge in [0.15, 0.2) is 0 Å². The lowest BCUT2D eigenvalue weighted by Crippen LogP contribution is -2.22. The maximum absolute atomic E-state index is 12.9. The van der Waals surface area contributed by atoms with Crippen molar-refractivity contribution in [3.8, 4) is 5.75 Å². The van der Waals surface area contributed by atoms with E-state index in [1.165, 1.54) is 4.57 Å². The summed E-state index contributed by atoms with van der Waals surface area (Å²) in [5, 5.41) is 2.26. The fraction of sp³-hybridized carbons (Fsp3) is 0.250. The Morgan fingerprint density at radius 1 is 1.24 bits per heavy atom. The number of methoxy groups -OCH3 is 1. The van der Waals surface area contributed by atoms with Crippen molar-refractivity contribution < 1.29 is 9.13 Å². The van der Waals surface area contributed by atoms with Gasteiger partial charge < -0.3 is 9.30 Å². The van der Waals surface area contributed by atoms with Crippen LogP contribution in [0.5, 0.6) is 5.75 Å². The van der Waals surface area contributed by atoms with Crippen LogP contribution >= 0.6 is 0 Å². The Balaban J connectivity index is 2.55. The van der Waals surface area contributed by atoms with Crippen molar-refractivity contribution in [1.82, 2.24) is 9.55 Å². The molecule has 0 aliphatic rings. The number of aromatic nitrogens is 2. The van der Waals surface area contributed by atoms with Crippen LogP contribution in [0.1, 0.15) is 5.69 Å². The lowest BCUT2D eigenvalue weighted by molar-refractivity contribution is 0.415. The van der Waals surface area contributed by atoms with Gasteiger partial charge in [-0.15, -0.1) is 0 Å². The van der Waals surface area contributed by atoms with Crippen molar-refractivity contribution in [2.75, 3.05) is 13.8 Å². The van der Waals surface area contributed by atoms with Crippen LogP contribution < -0.4 is 10.3 Å². The van der Waals surface area contributed by atoms with Crippen molar-refractivity contribution in [3.63, 3.8) is 0 Å². The molecule has 0 saturated heterocycles. The number of fused-ring (bicyclic) bond motifs is 3. The number of pyridine rings is 2. The van der Waals surface area contributed by atoms with Gasteiger partial charge in [0.2, 0.25) is 0 Å². The maximum Gasteiger partial charge on any atom is 0.259 e. The predicted molar refractivity (Wildman–Crippen MR) is 80.8 cm³/mol. The summed E-state index contributed by atoms with van der Waals surface area (Å²) in [5.74, 6) is 0.608. The van der Waals surface area contributed by atoms with E-state index in [4.69, 9.17) is 4.74 Å². The molecule has 0 N–H and O–H groups in total. The third-order valence-electron chi connectivity index (χ3n) is 3.68. The zero-order chi connectivity index (χ0) is 15.0. The first-order valence-corrected chi connectivity index (χ1v) is 6.69. The molecule has 0 fully saturated rings. The minimum atomic E-state index is -0.598. The highest BCUT2D eigenvalue weighted by Crippen LogP contribution is 2.26. The molecule has 0 atom stereocenters. The molecular formula is C16H15FN2O2. The van der Waals surface area contributed by atoms with Crippen LogP contribution in [0.2, 0.25) is 0 Å². The quantitative estimate of drug-likeness (QED) is 0.695. The summed E-state index contributed by atoms with van der Waals surface area (Å²) in [5.41, 5.74) is 1.19. The summed E-state index contributed by atoms with van der Waals surface area (Å²) in [6.45, 7) is 1.25. The van der Waals surface area contributed by atoms with E-state index in [2.05, 4.69) is 4.98 Å². The van der Waals surface area contributed by atoms with Crippen molar-refractivity contribution in [1.29, 1.82) is 0 Å². The molecular weight excluding hydrogens is 271 g/mol. The second-order valence-electron chi connectivity index (χ2n) is 4.85. The van der Waals surface area contributed by atoms with E-state index in [1.54, 1.807) is 19.4 Å². The largest absolute Gasteiger partial charge is 0.497 e. The number of ether oxygens (including phenoxy) is 1. The van der Waals surface area contributed by atoms with Crippen LogP contribution in [0.3, 0.4) is 0 Å². The Labute approximate surface area is 120 Å². The molecule has 0 aliphatic carbocycles. The highest BCUT2D eigenvalue weighted by molar-refractivity contribution is 6.06. The number of halogens is 1. The van der Waals surface area contributed by atoms with Crippen LogP contribution in [0.4, 0.5) is 4.39 Å². The summed E-state index contributed by atoms with van der Waals surface area (Å²) in [4.78, 5) is 16.9. The highest BCUT2D eigenvalue weighted by Gasteiger charge is 2.13. The standard InChI is InChI=1S/C16H15FN2O2/c1-10-15-13(5-7-18-10)12-4-3-11(21-2)9-14(12)16(20)19(15)8-6-17/h3-5,7,9H,6,8H2,1-2H3. The predicted octanol–water partition coefficient (Wildman–Crippen LogP) is 2.84. The van der Waals surface area contributed by atoms with E-state index in [0.717, 1.165) is 16.5 Å². The highest BCUT2D eigenvalue weighted by atomic mass is 19.1. The van der Waals surface area contributed by atoms with Crippen LogP contribution in [0.15, 0.2) is 35.3 Å². The lowest BCUT2D eigenvalue weighted by atomic mass is 10.1. The van der Waals surface area contributed by atoms with Crippen molar-refractivity contribution in [3.05, 3.63) is 46.5 Å². The molecule has 0 amide bonds. The Hall–Kier alpha value is -2.43. The number of aryl methyl sites for hydroxylation is 2. The molecule has 2 heterocycles. The summed E-state index contributed by atoms with van der Waals surface area (Å²) >= 11 is 0. The Kier molecular flexibility index (Phi) is 3.33. The van der Waals surface area contributed by atoms with Crippen molar-refractivity contribution >= 4 is 21.7 Å². The molecule has 0 spiro atoms. The van der Waals surface area contributed by atoms with Crippen LogP contribution in [0.25, 0.3) is 21.7 Å². The number of hydrogen-bond donors (Lipinski definition) is 0. The minimum absolute atomic E-state index is 0.0228. The van der Waals surface area contributed by atoms with E-state index in [1.807, 2.05) is 25.1 Å². The molecule has 0 bridgehead atoms. The van der Waals surface area contributed by atoms with E-state index in [9.17, 15) is 9.18 Å². The third-order valence-corrected chi connectivity index (χ3v) is 3.68. The number of nitrogens with zero attached hydrogens (tertiary/aromatic N) is 2. The van der Waals surface area contributed by atoms with Crippen LogP contribution in [-0.2, 0) is 6.54 Å². The Morgan fingerprint density at radius 2 is 2.05 bits per heavy atom. The molecule has 3 aromatic rings. The Bertz CT molecular complexity index is 887. The molecule has 0 radical (unpaired) electrons. The fourth-order valence-corrected chi connectivity index (χ4v) is 2.72. The lowest BCUT2D eigenvalue weighted by Gasteiger charge is -2.13. The molecule has 108 valence electrons. The fourth-order valence-electron chi connectivity index (χ4n) is 2.72. The summed E-state index contributed by atoms with van der Waals surface area (Å²) < 4.78 is 19.5. The molecule has 5 heteroatoms. The van der Waals surface area contributed by atoms with Gasteiger partial charge in [0.25, 0.3) is 5.56 Å². The van der Waals surface area contributed by atoms with Crippen LogP contribution in [-0.4, -0.2) is 23.3 Å². The molecule has 0 aliphatic heterocycles. The van der Waals surface area contributed by atoms with Gasteiger partial charge in [-0.2, -0.15) is 0 Å². The van der Waals surface area contributed by atoms with Gasteiger partial charge in [-0.25, -0.2) is 4.39 Å². The number of rotatable bonds is 3. The summed E-state index contributed by atoms with van der Waals surface area (Å²) in [6, 6.07) is 7.22. The number of benzene rings is 1. The van der Waals surface area contributed by atoms with Gasteiger partial charge in [-0.3, -0.25) is 9.78 Å². The second-order valence-corrected chi connectivity index (χ2v) is 4.85. The number of alkyl halides is 1. The molecule has 1 aromatic carbocycles. The van der Waals surface area contributed by atoms with Gasteiger partial charge in [0.05, 0.1) is 30.3 Å². The molecule has 3 rings (SSSR count). The molecule has 0 unspecified atom stereocenters. The van der Waals surface area contributed by atoms with Crippen LogP contribution in [0, 0.1) is 6.92 Å². The SMILES string of the molecule is COc1ccc2c(c1)c(=O)n(CCF)c1c(C)nccc21. The van der Waals surface area contributed by atoms with Crippen molar-refractivity contribution in [2.24, 2.45) is 0 Å². The average molecular weight is 286 g/mol. The van der Waals surface area contributed by atoms with Gasteiger partial charge in [0, 0.05) is 11.6 Å². The molecule has 2 aromatic heterocycles. The second kappa shape index (κ2) is 5.16. The van der Waals surface area contributed by atoms with E-state index >= 15 is 0 Å². The monoisotopic (exact) mass is 286 g/mol. The Morgan fingerprint density at radius 3 is 2.76 bits per heavy atom. The zero-order valence-corrected chi connectivity index (χ0v) is 11.9. The first kappa shape index (κ1) is 13.5. The molecule has 0 saturated carbocycles. The number of hydrogen-bond acceptors (Lipinski definition) is 3. The average Bonchev–Trinajstić information content (AvgIpc) is 2.51. The third kappa shape index (κ3) is 2.05. The van der Waals surface area contributed by atoms with Crippen molar-refractivity contribution in [2.45, 2.75) is 13.5 Å². The zero-order valence-electron chi connectivity index (χ0n) is 11.9. The smallest absolute Gasteiger partial charge is 0.259 e. The molecule has 21 heavy (non-hydrogen) atoms. The minimum Gasteiger partial charge on any atom is -0.497 e. The van der Waals surface area contributed by atoms with Gasteiger partial charge in [-0.05, 0) is 36.6 Å². The van der Waals surface area contributed by atoms with Gasteiger partial charge >= 0.3 is 0 Å². The van der Waals surface area contributed by atoms with E-state index in [0.29, 0.717) is 16.7 Å². The normalized spacial score (nSPS) is 11.2. The first-order valence-electron chi connectivity index (χ1n) is 6.69. The van der Waals surface area contributed by atoms with E-state index < -0.39 is 6.67 Å². The van der Waals surface area contributed by atoms with E-state index in [-0.39, 0.29) is 12.1 Å². The van der Waals surface area contributed by atoms with Gasteiger partial charge in [-0.1, -0.05) is 0 Å². The topological polar surface area (TPSA) is 44.1 Å². The maximum atomic E-state index is 12.9. The summed E-state index contributed by atoms with van der Waals surface area (Å²) in [6.07, 6.45) is 1.70. The first-order chi connectivity index (χ1) is 10.2. The summed E-state index contributed by atoms with van der Waals surface area (Å²) in [7, 11) is 1.55.